The third-order valence-electron chi connectivity index (χ3n) is 2.04. The molecule has 0 heterocycles. The van der Waals surface area contributed by atoms with Gasteiger partial charge in [-0.15, -0.1) is 0 Å². The summed E-state index contributed by atoms with van der Waals surface area (Å²) >= 11 is 0. The molecule has 0 bridgehead atoms. The van der Waals surface area contributed by atoms with Crippen molar-refractivity contribution in [2.45, 2.75) is 13.3 Å². The summed E-state index contributed by atoms with van der Waals surface area (Å²) in [4.78, 5) is 0. The van der Waals surface area contributed by atoms with Crippen LogP contribution in [0.3, 0.4) is 0 Å². The summed E-state index contributed by atoms with van der Waals surface area (Å²) in [5.41, 5.74) is -0.0242. The Bertz CT molecular complexity index is 357. The van der Waals surface area contributed by atoms with E-state index in [1.165, 1.54) is 19.2 Å². The first-order valence-corrected chi connectivity index (χ1v) is 4.97. The van der Waals surface area contributed by atoms with Gasteiger partial charge in [-0.05, 0) is 12.5 Å². The third-order valence-corrected chi connectivity index (χ3v) is 2.04. The molecule has 1 rings (SSSR count). The molecular formula is C10H14BFO4. The molecular weight excluding hydrogens is 214 g/mol. The van der Waals surface area contributed by atoms with Crippen molar-refractivity contribution >= 4 is 12.6 Å². The number of hydrogen-bond donors (Lipinski definition) is 2. The number of hydrogen-bond acceptors (Lipinski definition) is 4. The van der Waals surface area contributed by atoms with Crippen LogP contribution in [0, 0.1) is 5.82 Å². The minimum absolute atomic E-state index is 0.0242. The second-order valence-corrected chi connectivity index (χ2v) is 3.22. The molecule has 0 aromatic heterocycles. The van der Waals surface area contributed by atoms with E-state index in [2.05, 4.69) is 0 Å². The SMILES string of the molecule is CCCOc1ccc(B(O)O)c(OC)c1F. The fourth-order valence-corrected chi connectivity index (χ4v) is 1.29. The van der Waals surface area contributed by atoms with Crippen molar-refractivity contribution in [2.75, 3.05) is 13.7 Å². The summed E-state index contributed by atoms with van der Waals surface area (Å²) in [5.74, 6) is -0.881. The summed E-state index contributed by atoms with van der Waals surface area (Å²) in [6.45, 7) is 2.29. The maximum atomic E-state index is 13.7. The predicted molar refractivity (Wildman–Crippen MR) is 58.6 cm³/mol. The van der Waals surface area contributed by atoms with Crippen molar-refractivity contribution in [1.29, 1.82) is 0 Å². The van der Waals surface area contributed by atoms with Crippen molar-refractivity contribution in [3.63, 3.8) is 0 Å². The molecule has 16 heavy (non-hydrogen) atoms. The summed E-state index contributed by atoms with van der Waals surface area (Å²) in [6.07, 6.45) is 0.756. The van der Waals surface area contributed by atoms with Gasteiger partial charge in [-0.1, -0.05) is 13.0 Å². The molecule has 1 aromatic carbocycles. The number of halogens is 1. The minimum Gasteiger partial charge on any atom is -0.494 e. The summed E-state index contributed by atoms with van der Waals surface area (Å²) < 4.78 is 23.7. The average molecular weight is 228 g/mol. The third kappa shape index (κ3) is 2.65. The van der Waals surface area contributed by atoms with Gasteiger partial charge in [0.15, 0.2) is 11.5 Å². The van der Waals surface area contributed by atoms with Crippen LogP contribution in [0.25, 0.3) is 0 Å². The highest BCUT2D eigenvalue weighted by Crippen LogP contribution is 2.24. The van der Waals surface area contributed by atoms with Crippen molar-refractivity contribution in [1.82, 2.24) is 0 Å². The fraction of sp³-hybridized carbons (Fsp3) is 0.400. The molecule has 0 aliphatic carbocycles. The molecule has 0 fully saturated rings. The van der Waals surface area contributed by atoms with Gasteiger partial charge >= 0.3 is 7.12 Å². The molecule has 0 atom stereocenters. The number of benzene rings is 1. The van der Waals surface area contributed by atoms with Crippen molar-refractivity contribution in [3.8, 4) is 11.5 Å². The Morgan fingerprint density at radius 1 is 1.38 bits per heavy atom. The zero-order chi connectivity index (χ0) is 12.1. The molecule has 0 saturated heterocycles. The fourth-order valence-electron chi connectivity index (χ4n) is 1.29. The van der Waals surface area contributed by atoms with Crippen molar-refractivity contribution < 1.29 is 23.9 Å². The minimum atomic E-state index is -1.77. The van der Waals surface area contributed by atoms with Crippen LogP contribution in [-0.2, 0) is 0 Å². The van der Waals surface area contributed by atoms with Gasteiger partial charge in [0.25, 0.3) is 0 Å². The molecule has 4 nitrogen and oxygen atoms in total. The van der Waals surface area contributed by atoms with Gasteiger partial charge < -0.3 is 19.5 Å². The van der Waals surface area contributed by atoms with Gasteiger partial charge in [-0.2, -0.15) is 4.39 Å². The first kappa shape index (κ1) is 12.8. The smallest absolute Gasteiger partial charge is 0.492 e. The lowest BCUT2D eigenvalue weighted by atomic mass is 9.79. The average Bonchev–Trinajstić information content (AvgIpc) is 2.26. The van der Waals surface area contributed by atoms with Crippen LogP contribution >= 0.6 is 0 Å². The molecule has 1 aromatic rings. The Hall–Kier alpha value is -1.27. The second kappa shape index (κ2) is 5.72. The molecule has 0 amide bonds. The van der Waals surface area contributed by atoms with Gasteiger partial charge in [0, 0.05) is 5.46 Å². The van der Waals surface area contributed by atoms with Gasteiger partial charge in [-0.3, -0.25) is 0 Å². The first-order valence-electron chi connectivity index (χ1n) is 4.97. The molecule has 2 N–H and O–H groups in total. The summed E-state index contributed by atoms with van der Waals surface area (Å²) in [6, 6.07) is 2.71. The standard InChI is InChI=1S/C10H14BFO4/c1-3-6-16-8-5-4-7(11(13)14)10(15-2)9(8)12/h4-5,13-14H,3,6H2,1-2H3. The molecule has 6 heteroatoms. The highest BCUT2D eigenvalue weighted by atomic mass is 19.1. The number of ether oxygens (including phenoxy) is 2. The van der Waals surface area contributed by atoms with E-state index in [1.807, 2.05) is 6.92 Å². The molecule has 0 unspecified atom stereocenters. The van der Waals surface area contributed by atoms with Crippen LogP contribution in [0.2, 0.25) is 0 Å². The highest BCUT2D eigenvalue weighted by molar-refractivity contribution is 6.59. The van der Waals surface area contributed by atoms with Gasteiger partial charge in [0.05, 0.1) is 13.7 Å². The van der Waals surface area contributed by atoms with Crippen LogP contribution < -0.4 is 14.9 Å². The maximum Gasteiger partial charge on any atom is 0.492 e. The summed E-state index contributed by atoms with van der Waals surface area (Å²) in [7, 11) is -0.516. The Morgan fingerprint density at radius 2 is 2.06 bits per heavy atom. The number of methoxy groups -OCH3 is 1. The Kier molecular flexibility index (Phi) is 4.58. The van der Waals surface area contributed by atoms with Gasteiger partial charge in [0.1, 0.15) is 0 Å². The van der Waals surface area contributed by atoms with E-state index in [9.17, 15) is 4.39 Å². The monoisotopic (exact) mass is 228 g/mol. The molecule has 0 aliphatic heterocycles. The van der Waals surface area contributed by atoms with Crippen molar-refractivity contribution in [3.05, 3.63) is 17.9 Å². The molecule has 0 saturated carbocycles. The zero-order valence-corrected chi connectivity index (χ0v) is 9.24. The maximum absolute atomic E-state index is 13.7. The van der Waals surface area contributed by atoms with E-state index < -0.39 is 12.9 Å². The topological polar surface area (TPSA) is 58.9 Å². The molecule has 0 spiro atoms. The van der Waals surface area contributed by atoms with E-state index in [1.54, 1.807) is 0 Å². The zero-order valence-electron chi connectivity index (χ0n) is 9.24. The van der Waals surface area contributed by atoms with Crippen LogP contribution in [-0.4, -0.2) is 30.9 Å². The largest absolute Gasteiger partial charge is 0.494 e. The Morgan fingerprint density at radius 3 is 2.56 bits per heavy atom. The lowest BCUT2D eigenvalue weighted by Gasteiger charge is -2.12. The lowest BCUT2D eigenvalue weighted by Crippen LogP contribution is -2.31. The van der Waals surface area contributed by atoms with Crippen LogP contribution in [0.4, 0.5) is 4.39 Å². The van der Waals surface area contributed by atoms with Crippen LogP contribution in [0.5, 0.6) is 11.5 Å². The summed E-state index contributed by atoms with van der Waals surface area (Å²) in [5, 5.41) is 18.0. The van der Waals surface area contributed by atoms with Crippen molar-refractivity contribution in [2.24, 2.45) is 0 Å². The molecule has 0 aliphatic rings. The van der Waals surface area contributed by atoms with Gasteiger partial charge in [-0.25, -0.2) is 0 Å². The van der Waals surface area contributed by atoms with Crippen LogP contribution in [0.1, 0.15) is 13.3 Å². The number of rotatable bonds is 5. The van der Waals surface area contributed by atoms with Crippen LogP contribution in [0.15, 0.2) is 12.1 Å². The lowest BCUT2D eigenvalue weighted by molar-refractivity contribution is 0.292. The van der Waals surface area contributed by atoms with E-state index in [-0.39, 0.29) is 17.0 Å². The quantitative estimate of drug-likeness (QED) is 0.711. The predicted octanol–water partition coefficient (Wildman–Crippen LogP) is 0.303. The Balaban J connectivity index is 3.08. The first-order chi connectivity index (χ1) is 7.61. The Labute approximate surface area is 93.8 Å². The van der Waals surface area contributed by atoms with E-state index in [0.29, 0.717) is 6.61 Å². The van der Waals surface area contributed by atoms with Gasteiger partial charge in [0.2, 0.25) is 5.82 Å². The molecule has 0 radical (unpaired) electrons. The molecule has 88 valence electrons. The second-order valence-electron chi connectivity index (χ2n) is 3.22. The van der Waals surface area contributed by atoms with E-state index in [0.717, 1.165) is 6.42 Å². The highest BCUT2D eigenvalue weighted by Gasteiger charge is 2.22. The van der Waals surface area contributed by atoms with E-state index >= 15 is 0 Å². The van der Waals surface area contributed by atoms with E-state index in [4.69, 9.17) is 19.5 Å². The normalized spacial score (nSPS) is 10.1.